The molecule has 0 spiro atoms. The van der Waals surface area contributed by atoms with Gasteiger partial charge in [-0.25, -0.2) is 0 Å². The van der Waals surface area contributed by atoms with Crippen LogP contribution in [0.5, 0.6) is 0 Å². The van der Waals surface area contributed by atoms with Crippen molar-refractivity contribution in [3.8, 4) is 0 Å². The molecule has 4 heteroatoms. The molecule has 0 aliphatic carbocycles. The number of nitrogens with zero attached hydrogens (tertiary/aromatic N) is 1. The molecule has 0 aromatic heterocycles. The number of aliphatic hydroxyl groups excluding tert-OH is 1. The first-order valence-corrected chi connectivity index (χ1v) is 5.32. The Morgan fingerprint density at radius 2 is 2.43 bits per heavy atom. The van der Waals surface area contributed by atoms with Crippen molar-refractivity contribution in [2.24, 2.45) is 5.92 Å². The Balaban J connectivity index is 2.47. The molecule has 0 radical (unpaired) electrons. The minimum atomic E-state index is -0.0188. The molecule has 0 aromatic carbocycles. The van der Waals surface area contributed by atoms with E-state index in [2.05, 4.69) is 5.32 Å². The Hall–Kier alpha value is -0.610. The van der Waals surface area contributed by atoms with Crippen LogP contribution in [0.2, 0.25) is 0 Å². The number of piperazine rings is 1. The number of rotatable bonds is 4. The lowest BCUT2D eigenvalue weighted by Gasteiger charge is -2.34. The fraction of sp³-hybridized carbons (Fsp3) is 0.900. The topological polar surface area (TPSA) is 52.6 Å². The normalized spacial score (nSPS) is 25.2. The van der Waals surface area contributed by atoms with E-state index in [0.717, 1.165) is 19.5 Å². The molecule has 1 fully saturated rings. The maximum Gasteiger partial charge on any atom is 0.239 e. The Bertz CT molecular complexity index is 197. The summed E-state index contributed by atoms with van der Waals surface area (Å²) in [4.78, 5) is 13.6. The van der Waals surface area contributed by atoms with Crippen LogP contribution in [0, 0.1) is 5.92 Å². The van der Waals surface area contributed by atoms with Crippen LogP contribution < -0.4 is 5.32 Å². The third kappa shape index (κ3) is 2.69. The summed E-state index contributed by atoms with van der Waals surface area (Å²) in [5.74, 6) is 0.355. The van der Waals surface area contributed by atoms with Crippen LogP contribution in [0.3, 0.4) is 0 Å². The number of hydrogen-bond donors (Lipinski definition) is 2. The largest absolute Gasteiger partial charge is 0.396 e. The van der Waals surface area contributed by atoms with Crippen molar-refractivity contribution in [3.05, 3.63) is 0 Å². The highest BCUT2D eigenvalue weighted by Crippen LogP contribution is 2.07. The first-order chi connectivity index (χ1) is 6.69. The van der Waals surface area contributed by atoms with Gasteiger partial charge in [0.05, 0.1) is 6.04 Å². The van der Waals surface area contributed by atoms with E-state index in [1.807, 2.05) is 18.7 Å². The van der Waals surface area contributed by atoms with Gasteiger partial charge in [0.15, 0.2) is 0 Å². The number of aliphatic hydroxyl groups is 1. The van der Waals surface area contributed by atoms with Crippen LogP contribution in [0.4, 0.5) is 0 Å². The van der Waals surface area contributed by atoms with Crippen molar-refractivity contribution in [3.63, 3.8) is 0 Å². The number of amides is 1. The molecule has 1 saturated heterocycles. The number of nitrogens with one attached hydrogen (secondary N) is 1. The second-order valence-corrected chi connectivity index (χ2v) is 3.99. The van der Waals surface area contributed by atoms with Gasteiger partial charge in [-0.1, -0.05) is 13.8 Å². The third-order valence-corrected chi connectivity index (χ3v) is 2.63. The molecule has 1 heterocycles. The average Bonchev–Trinajstić information content (AvgIpc) is 2.21. The summed E-state index contributed by atoms with van der Waals surface area (Å²) in [5, 5.41) is 12.1. The van der Waals surface area contributed by atoms with E-state index in [-0.39, 0.29) is 24.5 Å². The summed E-state index contributed by atoms with van der Waals surface area (Å²) in [6.45, 7) is 6.41. The van der Waals surface area contributed by atoms with Crippen LogP contribution in [0.25, 0.3) is 0 Å². The Morgan fingerprint density at radius 1 is 1.71 bits per heavy atom. The Morgan fingerprint density at radius 3 is 3.00 bits per heavy atom. The van der Waals surface area contributed by atoms with Crippen molar-refractivity contribution < 1.29 is 9.90 Å². The zero-order chi connectivity index (χ0) is 10.6. The van der Waals surface area contributed by atoms with Crippen molar-refractivity contribution in [2.45, 2.75) is 26.3 Å². The van der Waals surface area contributed by atoms with Gasteiger partial charge in [0, 0.05) is 26.2 Å². The molecule has 1 amide bonds. The van der Waals surface area contributed by atoms with Crippen molar-refractivity contribution >= 4 is 5.91 Å². The lowest BCUT2D eigenvalue weighted by atomic mass is 10.1. The predicted molar refractivity (Wildman–Crippen MR) is 54.9 cm³/mol. The molecule has 2 N–H and O–H groups in total. The SMILES string of the molecule is CCC1NCCN(CC(C)CO)C1=O. The van der Waals surface area contributed by atoms with Gasteiger partial charge >= 0.3 is 0 Å². The van der Waals surface area contributed by atoms with Gasteiger partial charge in [0.2, 0.25) is 5.91 Å². The molecule has 82 valence electrons. The van der Waals surface area contributed by atoms with Crippen molar-refractivity contribution in [1.82, 2.24) is 10.2 Å². The predicted octanol–water partition coefficient (Wildman–Crippen LogP) is -0.175. The second-order valence-electron chi connectivity index (χ2n) is 3.99. The average molecular weight is 200 g/mol. The molecule has 1 rings (SSSR count). The van der Waals surface area contributed by atoms with Crippen molar-refractivity contribution in [1.29, 1.82) is 0 Å². The Labute approximate surface area is 85.3 Å². The quantitative estimate of drug-likeness (QED) is 0.662. The highest BCUT2D eigenvalue weighted by atomic mass is 16.3. The number of carbonyl (C=O) groups is 1. The molecule has 1 aliphatic heterocycles. The smallest absolute Gasteiger partial charge is 0.239 e. The number of carbonyl (C=O) groups excluding carboxylic acids is 1. The second kappa shape index (κ2) is 5.32. The summed E-state index contributed by atoms with van der Waals surface area (Å²) < 4.78 is 0. The minimum absolute atomic E-state index is 0.0188. The van der Waals surface area contributed by atoms with Gasteiger partial charge in [-0.15, -0.1) is 0 Å². The van der Waals surface area contributed by atoms with Gasteiger partial charge in [0.1, 0.15) is 0 Å². The first-order valence-electron chi connectivity index (χ1n) is 5.32. The molecule has 2 atom stereocenters. The van der Waals surface area contributed by atoms with Gasteiger partial charge in [-0.05, 0) is 12.3 Å². The highest BCUT2D eigenvalue weighted by Gasteiger charge is 2.27. The fourth-order valence-corrected chi connectivity index (χ4v) is 1.73. The first kappa shape index (κ1) is 11.5. The van der Waals surface area contributed by atoms with E-state index in [1.54, 1.807) is 0 Å². The Kier molecular flexibility index (Phi) is 4.35. The van der Waals surface area contributed by atoms with Crippen LogP contribution in [0.15, 0.2) is 0 Å². The summed E-state index contributed by atoms with van der Waals surface area (Å²) in [6.07, 6.45) is 0.836. The number of hydrogen-bond acceptors (Lipinski definition) is 3. The van der Waals surface area contributed by atoms with E-state index >= 15 is 0 Å². The molecule has 2 unspecified atom stereocenters. The van der Waals surface area contributed by atoms with E-state index in [1.165, 1.54) is 0 Å². The fourth-order valence-electron chi connectivity index (χ4n) is 1.73. The summed E-state index contributed by atoms with van der Waals surface area (Å²) in [7, 11) is 0. The van der Waals surface area contributed by atoms with Gasteiger partial charge in [0.25, 0.3) is 0 Å². The van der Waals surface area contributed by atoms with Crippen LogP contribution >= 0.6 is 0 Å². The van der Waals surface area contributed by atoms with E-state index in [9.17, 15) is 4.79 Å². The van der Waals surface area contributed by atoms with Crippen LogP contribution in [-0.2, 0) is 4.79 Å². The maximum atomic E-state index is 11.8. The third-order valence-electron chi connectivity index (χ3n) is 2.63. The standard InChI is InChI=1S/C10H20N2O2/c1-3-9-10(14)12(5-4-11-9)6-8(2)7-13/h8-9,11,13H,3-7H2,1-2H3. The van der Waals surface area contributed by atoms with Gasteiger partial charge in [-0.2, -0.15) is 0 Å². The summed E-state index contributed by atoms with van der Waals surface area (Å²) in [6, 6.07) is -0.0188. The molecule has 0 saturated carbocycles. The summed E-state index contributed by atoms with van der Waals surface area (Å²) >= 11 is 0. The van der Waals surface area contributed by atoms with Gasteiger partial charge < -0.3 is 15.3 Å². The van der Waals surface area contributed by atoms with Crippen molar-refractivity contribution in [2.75, 3.05) is 26.2 Å². The molecular formula is C10H20N2O2. The van der Waals surface area contributed by atoms with E-state index in [0.29, 0.717) is 6.54 Å². The summed E-state index contributed by atoms with van der Waals surface area (Å²) in [5.41, 5.74) is 0. The minimum Gasteiger partial charge on any atom is -0.396 e. The molecular weight excluding hydrogens is 180 g/mol. The maximum absolute atomic E-state index is 11.8. The molecule has 4 nitrogen and oxygen atoms in total. The monoisotopic (exact) mass is 200 g/mol. The highest BCUT2D eigenvalue weighted by molar-refractivity contribution is 5.82. The van der Waals surface area contributed by atoms with E-state index < -0.39 is 0 Å². The zero-order valence-electron chi connectivity index (χ0n) is 8.99. The lowest BCUT2D eigenvalue weighted by Crippen LogP contribution is -2.55. The van der Waals surface area contributed by atoms with Crippen LogP contribution in [0.1, 0.15) is 20.3 Å². The van der Waals surface area contributed by atoms with E-state index in [4.69, 9.17) is 5.11 Å². The molecule has 1 aliphatic rings. The molecule has 14 heavy (non-hydrogen) atoms. The zero-order valence-corrected chi connectivity index (χ0v) is 8.99. The van der Waals surface area contributed by atoms with Gasteiger partial charge in [-0.3, -0.25) is 4.79 Å². The molecule has 0 bridgehead atoms. The van der Waals surface area contributed by atoms with Crippen LogP contribution in [-0.4, -0.2) is 48.2 Å². The molecule has 0 aromatic rings. The lowest BCUT2D eigenvalue weighted by molar-refractivity contribution is -0.136.